The lowest BCUT2D eigenvalue weighted by molar-refractivity contribution is -0.385. The smallest absolute Gasteiger partial charge is 0.332 e. The van der Waals surface area contributed by atoms with E-state index in [1.165, 1.54) is 0 Å². The predicted molar refractivity (Wildman–Crippen MR) is 78.7 cm³/mol. The number of aliphatic hydroxyl groups excluding tert-OH is 1. The molecule has 0 bridgehead atoms. The molecule has 2 aromatic rings. The zero-order valence-corrected chi connectivity index (χ0v) is 11.4. The van der Waals surface area contributed by atoms with E-state index in [9.17, 15) is 10.1 Å². The Morgan fingerprint density at radius 1 is 1.29 bits per heavy atom. The summed E-state index contributed by atoms with van der Waals surface area (Å²) < 4.78 is 0. The number of aryl methyl sites for hydroxylation is 1. The minimum absolute atomic E-state index is 0.0825. The lowest BCUT2D eigenvalue weighted by atomic mass is 10.3. The molecule has 21 heavy (non-hydrogen) atoms. The van der Waals surface area contributed by atoms with Gasteiger partial charge in [0.25, 0.3) is 0 Å². The third-order valence-electron chi connectivity index (χ3n) is 2.67. The molecule has 1 heterocycles. The number of aromatic nitrogens is 2. The molecule has 3 N–H and O–H groups in total. The second kappa shape index (κ2) is 6.62. The van der Waals surface area contributed by atoms with E-state index in [1.807, 2.05) is 18.2 Å². The lowest BCUT2D eigenvalue weighted by Gasteiger charge is -2.10. The molecule has 8 nitrogen and oxygen atoms in total. The van der Waals surface area contributed by atoms with Crippen molar-refractivity contribution in [3.05, 3.63) is 46.1 Å². The maximum Gasteiger partial charge on any atom is 0.332 e. The maximum absolute atomic E-state index is 11.2. The van der Waals surface area contributed by atoms with E-state index in [0.29, 0.717) is 5.69 Å². The van der Waals surface area contributed by atoms with Gasteiger partial charge in [-0.2, -0.15) is 4.98 Å². The van der Waals surface area contributed by atoms with Crippen LogP contribution in [-0.2, 0) is 0 Å². The number of benzene rings is 1. The monoisotopic (exact) mass is 289 g/mol. The van der Waals surface area contributed by atoms with Gasteiger partial charge in [-0.25, -0.2) is 4.98 Å². The normalized spacial score (nSPS) is 10.2. The van der Waals surface area contributed by atoms with Crippen LogP contribution in [0.1, 0.15) is 5.69 Å². The third kappa shape index (κ3) is 3.63. The van der Waals surface area contributed by atoms with E-state index in [1.54, 1.807) is 19.1 Å². The fraction of sp³-hybridized carbons (Fsp3) is 0.231. The minimum Gasteiger partial charge on any atom is -0.395 e. The number of nitro groups is 1. The van der Waals surface area contributed by atoms with Crippen LogP contribution in [0.3, 0.4) is 0 Å². The van der Waals surface area contributed by atoms with Crippen LogP contribution in [0.15, 0.2) is 30.3 Å². The van der Waals surface area contributed by atoms with Crippen LogP contribution in [0.4, 0.5) is 23.1 Å². The van der Waals surface area contributed by atoms with Crippen LogP contribution in [-0.4, -0.2) is 33.1 Å². The van der Waals surface area contributed by atoms with Gasteiger partial charge >= 0.3 is 5.69 Å². The van der Waals surface area contributed by atoms with Crippen molar-refractivity contribution in [2.75, 3.05) is 23.8 Å². The molecular weight excluding hydrogens is 274 g/mol. The fourth-order valence-electron chi connectivity index (χ4n) is 1.78. The highest BCUT2D eigenvalue weighted by atomic mass is 16.6. The number of aliphatic hydroxyl groups is 1. The first kappa shape index (κ1) is 14.7. The molecule has 0 aliphatic carbocycles. The quantitative estimate of drug-likeness (QED) is 0.549. The average Bonchev–Trinajstić information content (AvgIpc) is 2.45. The van der Waals surface area contributed by atoms with Crippen molar-refractivity contribution in [1.82, 2.24) is 9.97 Å². The Balaban J connectivity index is 2.39. The summed E-state index contributed by atoms with van der Waals surface area (Å²) in [5.74, 6) is 0.338. The molecule has 0 saturated heterocycles. The van der Waals surface area contributed by atoms with Crippen LogP contribution < -0.4 is 10.6 Å². The predicted octanol–water partition coefficient (Wildman–Crippen LogP) is 1.84. The van der Waals surface area contributed by atoms with Crippen LogP contribution in [0.2, 0.25) is 0 Å². The highest BCUT2D eigenvalue weighted by Gasteiger charge is 2.22. The Morgan fingerprint density at radius 3 is 2.62 bits per heavy atom. The van der Waals surface area contributed by atoms with Gasteiger partial charge in [0.2, 0.25) is 11.8 Å². The molecule has 0 fully saturated rings. The minimum atomic E-state index is -0.517. The van der Waals surface area contributed by atoms with Gasteiger partial charge < -0.3 is 15.7 Å². The molecule has 0 spiro atoms. The van der Waals surface area contributed by atoms with Crippen molar-refractivity contribution in [3.8, 4) is 0 Å². The number of anilines is 3. The Morgan fingerprint density at radius 2 is 2.00 bits per heavy atom. The molecule has 2 rings (SSSR count). The van der Waals surface area contributed by atoms with Gasteiger partial charge in [0.15, 0.2) is 0 Å². The van der Waals surface area contributed by atoms with Crippen molar-refractivity contribution in [1.29, 1.82) is 0 Å². The number of rotatable bonds is 6. The average molecular weight is 289 g/mol. The molecule has 0 aliphatic heterocycles. The first-order valence-corrected chi connectivity index (χ1v) is 6.31. The van der Waals surface area contributed by atoms with Gasteiger partial charge in [-0.05, 0) is 19.1 Å². The molecule has 0 unspecified atom stereocenters. The van der Waals surface area contributed by atoms with Crippen molar-refractivity contribution in [2.45, 2.75) is 6.92 Å². The zero-order valence-electron chi connectivity index (χ0n) is 11.4. The zero-order chi connectivity index (χ0) is 15.2. The lowest BCUT2D eigenvalue weighted by Crippen LogP contribution is -2.12. The van der Waals surface area contributed by atoms with Crippen LogP contribution in [0, 0.1) is 17.0 Å². The summed E-state index contributed by atoms with van der Waals surface area (Å²) in [6.45, 7) is 1.73. The van der Waals surface area contributed by atoms with E-state index in [2.05, 4.69) is 20.6 Å². The highest BCUT2D eigenvalue weighted by Crippen LogP contribution is 2.29. The van der Waals surface area contributed by atoms with Crippen molar-refractivity contribution in [3.63, 3.8) is 0 Å². The van der Waals surface area contributed by atoms with Crippen molar-refractivity contribution >= 4 is 23.1 Å². The van der Waals surface area contributed by atoms with E-state index in [-0.39, 0.29) is 36.3 Å². The molecule has 1 aromatic carbocycles. The number of hydrogen-bond acceptors (Lipinski definition) is 7. The summed E-state index contributed by atoms with van der Waals surface area (Å²) in [5.41, 5.74) is 0.758. The molecule has 0 atom stereocenters. The SMILES string of the molecule is Cc1nc(NCCO)nc(Nc2ccccc2)c1[N+](=O)[O-]. The van der Waals surface area contributed by atoms with Crippen molar-refractivity contribution < 1.29 is 10.0 Å². The molecule has 110 valence electrons. The number of nitrogens with one attached hydrogen (secondary N) is 2. The maximum atomic E-state index is 11.2. The summed E-state index contributed by atoms with van der Waals surface area (Å²) >= 11 is 0. The van der Waals surface area contributed by atoms with Gasteiger partial charge in [0, 0.05) is 12.2 Å². The fourth-order valence-corrected chi connectivity index (χ4v) is 1.78. The second-order valence-electron chi connectivity index (χ2n) is 4.23. The Labute approximate surface area is 121 Å². The summed E-state index contributed by atoms with van der Waals surface area (Å²) in [4.78, 5) is 18.8. The van der Waals surface area contributed by atoms with Gasteiger partial charge in [-0.3, -0.25) is 10.1 Å². The van der Waals surface area contributed by atoms with Gasteiger partial charge in [0.1, 0.15) is 5.69 Å². The first-order valence-electron chi connectivity index (χ1n) is 6.31. The van der Waals surface area contributed by atoms with Gasteiger partial charge in [-0.15, -0.1) is 0 Å². The van der Waals surface area contributed by atoms with Crippen molar-refractivity contribution in [2.24, 2.45) is 0 Å². The highest BCUT2D eigenvalue weighted by molar-refractivity contribution is 5.68. The third-order valence-corrected chi connectivity index (χ3v) is 2.67. The summed E-state index contributed by atoms with van der Waals surface area (Å²) in [7, 11) is 0. The molecule has 0 amide bonds. The summed E-state index contributed by atoms with van der Waals surface area (Å²) in [6.07, 6.45) is 0. The molecule has 8 heteroatoms. The molecule has 1 aromatic heterocycles. The first-order chi connectivity index (χ1) is 10.1. The van der Waals surface area contributed by atoms with Crippen LogP contribution in [0.25, 0.3) is 0 Å². The molecule has 0 radical (unpaired) electrons. The Bertz CT molecular complexity index is 633. The summed E-state index contributed by atoms with van der Waals surface area (Å²) in [6, 6.07) is 9.03. The Hall–Kier alpha value is -2.74. The van der Waals surface area contributed by atoms with E-state index in [0.717, 1.165) is 0 Å². The van der Waals surface area contributed by atoms with Gasteiger partial charge in [-0.1, -0.05) is 18.2 Å². The van der Waals surface area contributed by atoms with Gasteiger partial charge in [0.05, 0.1) is 11.5 Å². The topological polar surface area (TPSA) is 113 Å². The molecular formula is C13H15N5O3. The number of para-hydroxylation sites is 1. The van der Waals surface area contributed by atoms with Crippen LogP contribution >= 0.6 is 0 Å². The standard InChI is InChI=1S/C13H15N5O3/c1-9-11(18(20)21)12(16-10-5-3-2-4-6-10)17-13(15-9)14-7-8-19/h2-6,19H,7-8H2,1H3,(H2,14,15,16,17). The Kier molecular flexibility index (Phi) is 4.62. The largest absolute Gasteiger partial charge is 0.395 e. The van der Waals surface area contributed by atoms with E-state index in [4.69, 9.17) is 5.11 Å². The molecule has 0 aliphatic rings. The molecule has 0 saturated carbocycles. The number of nitrogens with zero attached hydrogens (tertiary/aromatic N) is 3. The second-order valence-corrected chi connectivity index (χ2v) is 4.23. The van der Waals surface area contributed by atoms with E-state index >= 15 is 0 Å². The summed E-state index contributed by atoms with van der Waals surface area (Å²) in [5, 5.41) is 25.7. The number of hydrogen-bond donors (Lipinski definition) is 3. The van der Waals surface area contributed by atoms with Crippen LogP contribution in [0.5, 0.6) is 0 Å². The van der Waals surface area contributed by atoms with E-state index < -0.39 is 4.92 Å².